The van der Waals surface area contributed by atoms with Crippen molar-refractivity contribution < 1.29 is 22.7 Å². The Balaban J connectivity index is 1.53. The number of nitrogens with zero attached hydrogens (tertiary/aromatic N) is 2. The number of halogens is 3. The van der Waals surface area contributed by atoms with Crippen molar-refractivity contribution in [3.8, 4) is 5.75 Å². The summed E-state index contributed by atoms with van der Waals surface area (Å²) in [7, 11) is 1.31. The maximum absolute atomic E-state index is 13.3. The van der Waals surface area contributed by atoms with Gasteiger partial charge in [0.05, 0.1) is 12.7 Å². The lowest BCUT2D eigenvalue weighted by molar-refractivity contribution is -0.138. The van der Waals surface area contributed by atoms with E-state index < -0.39 is 11.7 Å². The van der Waals surface area contributed by atoms with Crippen LogP contribution < -0.4 is 10.1 Å². The highest BCUT2D eigenvalue weighted by atomic mass is 19.4. The van der Waals surface area contributed by atoms with Gasteiger partial charge in [-0.15, -0.1) is 0 Å². The molecule has 0 radical (unpaired) electrons. The Labute approximate surface area is 168 Å². The lowest BCUT2D eigenvalue weighted by Crippen LogP contribution is -2.51. The number of hydrogen-bond acceptors (Lipinski definition) is 3. The molecule has 2 aromatic carbocycles. The summed E-state index contributed by atoms with van der Waals surface area (Å²) in [6.07, 6.45) is -4.52. The highest BCUT2D eigenvalue weighted by molar-refractivity contribution is 5.74. The third-order valence-electron chi connectivity index (χ3n) is 4.96. The minimum atomic E-state index is -4.52. The number of carbonyl (C=O) groups excluding carboxylic acids is 1. The van der Waals surface area contributed by atoms with Crippen molar-refractivity contribution >= 4 is 6.03 Å². The first-order valence-electron chi connectivity index (χ1n) is 9.40. The zero-order valence-electron chi connectivity index (χ0n) is 16.2. The van der Waals surface area contributed by atoms with Gasteiger partial charge in [-0.1, -0.05) is 36.4 Å². The number of ether oxygens (including phenoxy) is 1. The maximum atomic E-state index is 13.3. The van der Waals surface area contributed by atoms with E-state index >= 15 is 0 Å². The number of alkyl halides is 3. The van der Waals surface area contributed by atoms with Crippen LogP contribution >= 0.6 is 0 Å². The molecule has 0 atom stereocenters. The van der Waals surface area contributed by atoms with Gasteiger partial charge in [0, 0.05) is 39.3 Å². The van der Waals surface area contributed by atoms with Gasteiger partial charge in [-0.25, -0.2) is 4.79 Å². The third-order valence-corrected chi connectivity index (χ3v) is 4.96. The van der Waals surface area contributed by atoms with E-state index in [4.69, 9.17) is 4.74 Å². The molecule has 5 nitrogen and oxygen atoms in total. The normalized spacial score (nSPS) is 15.2. The van der Waals surface area contributed by atoms with E-state index in [2.05, 4.69) is 22.3 Å². The summed E-state index contributed by atoms with van der Waals surface area (Å²) >= 11 is 0. The lowest BCUT2D eigenvalue weighted by Gasteiger charge is -2.34. The second-order valence-electron chi connectivity index (χ2n) is 6.93. The molecule has 8 heteroatoms. The van der Waals surface area contributed by atoms with Gasteiger partial charge in [-0.2, -0.15) is 13.2 Å². The lowest BCUT2D eigenvalue weighted by atomic mass is 10.1. The Kier molecular flexibility index (Phi) is 6.64. The van der Waals surface area contributed by atoms with Gasteiger partial charge in [0.1, 0.15) is 5.75 Å². The third kappa shape index (κ3) is 5.63. The highest BCUT2D eigenvalue weighted by Crippen LogP contribution is 2.34. The number of piperazine rings is 1. The van der Waals surface area contributed by atoms with Crippen LogP contribution in [0.15, 0.2) is 48.5 Å². The molecule has 2 aromatic rings. The number of methoxy groups -OCH3 is 1. The van der Waals surface area contributed by atoms with Crippen LogP contribution in [-0.2, 0) is 19.3 Å². The van der Waals surface area contributed by atoms with E-state index in [0.29, 0.717) is 13.1 Å². The van der Waals surface area contributed by atoms with E-state index in [0.717, 1.165) is 25.7 Å². The Bertz CT molecular complexity index is 820. The molecular formula is C21H24F3N3O2. The number of nitrogens with one attached hydrogen (secondary N) is 1. The van der Waals surface area contributed by atoms with Crippen molar-refractivity contribution in [3.05, 3.63) is 65.2 Å². The Hall–Kier alpha value is -2.74. The van der Waals surface area contributed by atoms with Gasteiger partial charge < -0.3 is 15.0 Å². The van der Waals surface area contributed by atoms with Crippen LogP contribution in [0.25, 0.3) is 0 Å². The number of hydrogen-bond donors (Lipinski definition) is 1. The van der Waals surface area contributed by atoms with Gasteiger partial charge >= 0.3 is 12.2 Å². The first-order valence-corrected chi connectivity index (χ1v) is 9.40. The predicted molar refractivity (Wildman–Crippen MR) is 104 cm³/mol. The van der Waals surface area contributed by atoms with Crippen molar-refractivity contribution in [3.63, 3.8) is 0 Å². The van der Waals surface area contributed by atoms with E-state index in [-0.39, 0.29) is 23.9 Å². The minimum absolute atomic E-state index is 0.00867. The van der Waals surface area contributed by atoms with Crippen molar-refractivity contribution in [1.82, 2.24) is 15.1 Å². The summed E-state index contributed by atoms with van der Waals surface area (Å²) in [5.41, 5.74) is 0.420. The molecule has 2 amide bonds. The van der Waals surface area contributed by atoms with Crippen LogP contribution in [0.3, 0.4) is 0 Å². The molecule has 1 saturated heterocycles. The summed E-state index contributed by atoms with van der Waals surface area (Å²) in [4.78, 5) is 16.3. The first-order chi connectivity index (χ1) is 13.9. The molecule has 1 N–H and O–H groups in total. The second-order valence-corrected chi connectivity index (χ2v) is 6.93. The average Bonchev–Trinajstić information content (AvgIpc) is 2.72. The fourth-order valence-electron chi connectivity index (χ4n) is 3.33. The van der Waals surface area contributed by atoms with Gasteiger partial charge in [0.25, 0.3) is 0 Å². The molecule has 29 heavy (non-hydrogen) atoms. The van der Waals surface area contributed by atoms with Crippen LogP contribution in [0.2, 0.25) is 0 Å². The zero-order valence-corrected chi connectivity index (χ0v) is 16.2. The molecular weight excluding hydrogens is 383 g/mol. The molecule has 1 fully saturated rings. The number of carbonyl (C=O) groups is 1. The minimum Gasteiger partial charge on any atom is -0.497 e. The smallest absolute Gasteiger partial charge is 0.416 e. The van der Waals surface area contributed by atoms with Crippen LogP contribution in [0, 0.1) is 0 Å². The van der Waals surface area contributed by atoms with Gasteiger partial charge in [0.15, 0.2) is 0 Å². The summed E-state index contributed by atoms with van der Waals surface area (Å²) in [5, 5.41) is 2.61. The van der Waals surface area contributed by atoms with E-state index in [1.165, 1.54) is 24.8 Å². The van der Waals surface area contributed by atoms with Crippen molar-refractivity contribution in [2.24, 2.45) is 0 Å². The SMILES string of the molecule is COc1ccc(CNC(=O)N2CCN(Cc3ccccc3)CC2)c(C(F)(F)F)c1. The molecule has 0 saturated carbocycles. The monoisotopic (exact) mass is 407 g/mol. The quantitative estimate of drug-likeness (QED) is 0.821. The molecule has 1 aliphatic rings. The summed E-state index contributed by atoms with van der Waals surface area (Å²) in [6, 6.07) is 13.5. The Morgan fingerprint density at radius 2 is 1.76 bits per heavy atom. The van der Waals surface area contributed by atoms with Crippen LogP contribution in [0.4, 0.5) is 18.0 Å². The van der Waals surface area contributed by atoms with E-state index in [9.17, 15) is 18.0 Å². The van der Waals surface area contributed by atoms with E-state index in [1.54, 1.807) is 4.90 Å². The maximum Gasteiger partial charge on any atom is 0.416 e. The Morgan fingerprint density at radius 3 is 2.38 bits per heavy atom. The number of urea groups is 1. The predicted octanol–water partition coefficient (Wildman–Crippen LogP) is 3.74. The second kappa shape index (κ2) is 9.17. The molecule has 0 spiro atoms. The summed E-state index contributed by atoms with van der Waals surface area (Å²) in [6.45, 7) is 3.14. The standard InChI is InChI=1S/C21H24F3N3O2/c1-29-18-8-7-17(19(13-18)21(22,23)24)14-25-20(28)27-11-9-26(10-12-27)15-16-5-3-2-4-6-16/h2-8,13H,9-12,14-15H2,1H3,(H,25,28). The van der Waals surface area contributed by atoms with Gasteiger partial charge in [-0.05, 0) is 23.3 Å². The molecule has 3 rings (SSSR count). The van der Waals surface area contributed by atoms with Crippen molar-refractivity contribution in [2.75, 3.05) is 33.3 Å². The van der Waals surface area contributed by atoms with Crippen molar-refractivity contribution in [1.29, 1.82) is 0 Å². The highest BCUT2D eigenvalue weighted by Gasteiger charge is 2.34. The number of benzene rings is 2. The largest absolute Gasteiger partial charge is 0.497 e. The molecule has 0 aromatic heterocycles. The summed E-state index contributed by atoms with van der Waals surface area (Å²) in [5.74, 6) is 0.127. The first kappa shape index (κ1) is 21.0. The topological polar surface area (TPSA) is 44.8 Å². The van der Waals surface area contributed by atoms with Crippen LogP contribution in [0.1, 0.15) is 16.7 Å². The molecule has 1 aliphatic heterocycles. The average molecular weight is 407 g/mol. The van der Waals surface area contributed by atoms with Crippen molar-refractivity contribution in [2.45, 2.75) is 19.3 Å². The number of amides is 2. The van der Waals surface area contributed by atoms with Gasteiger partial charge in [-0.3, -0.25) is 4.90 Å². The van der Waals surface area contributed by atoms with Crippen LogP contribution in [-0.4, -0.2) is 49.1 Å². The molecule has 0 unspecified atom stereocenters. The molecule has 0 aliphatic carbocycles. The van der Waals surface area contributed by atoms with Crippen LogP contribution in [0.5, 0.6) is 5.75 Å². The fraction of sp³-hybridized carbons (Fsp3) is 0.381. The van der Waals surface area contributed by atoms with E-state index in [1.807, 2.05) is 18.2 Å². The summed E-state index contributed by atoms with van der Waals surface area (Å²) < 4.78 is 44.7. The molecule has 156 valence electrons. The molecule has 1 heterocycles. The zero-order chi connectivity index (χ0) is 20.9. The molecule has 0 bridgehead atoms. The van der Waals surface area contributed by atoms with Gasteiger partial charge in [0.2, 0.25) is 0 Å². The number of rotatable bonds is 5. The Morgan fingerprint density at radius 1 is 1.07 bits per heavy atom. The fourth-order valence-corrected chi connectivity index (χ4v) is 3.33.